The van der Waals surface area contributed by atoms with E-state index in [0.29, 0.717) is 18.2 Å². The van der Waals surface area contributed by atoms with E-state index in [4.69, 9.17) is 10.5 Å². The number of likely N-dealkylation sites (tertiary alicyclic amines) is 1. The van der Waals surface area contributed by atoms with Crippen molar-refractivity contribution in [3.05, 3.63) is 35.4 Å². The first-order valence-corrected chi connectivity index (χ1v) is 7.89. The number of aryl methyl sites for hydroxylation is 1. The molecule has 2 heterocycles. The smallest absolute Gasteiger partial charge is 0.0707 e. The lowest BCUT2D eigenvalue weighted by Crippen LogP contribution is -2.49. The third-order valence-corrected chi connectivity index (χ3v) is 4.73. The minimum atomic E-state index is 0.189. The van der Waals surface area contributed by atoms with Gasteiger partial charge in [-0.3, -0.25) is 4.90 Å². The van der Waals surface area contributed by atoms with Crippen LogP contribution in [-0.4, -0.2) is 36.2 Å². The van der Waals surface area contributed by atoms with Crippen LogP contribution in [0.2, 0.25) is 0 Å². The molecule has 3 heteroatoms. The molecule has 1 aromatic carbocycles. The van der Waals surface area contributed by atoms with Crippen LogP contribution in [0.4, 0.5) is 0 Å². The molecule has 0 aliphatic carbocycles. The molecule has 0 radical (unpaired) electrons. The average Bonchev–Trinajstić information content (AvgIpc) is 2.78. The van der Waals surface area contributed by atoms with Crippen LogP contribution < -0.4 is 5.73 Å². The van der Waals surface area contributed by atoms with E-state index in [0.717, 1.165) is 19.5 Å². The SMILES string of the molecule is CCC(N)C(c1cccc(C)c1)N1CC2CCC(C1)O2. The van der Waals surface area contributed by atoms with Crippen molar-refractivity contribution in [2.75, 3.05) is 13.1 Å². The predicted molar refractivity (Wildman–Crippen MR) is 81.7 cm³/mol. The number of hydrogen-bond donors (Lipinski definition) is 1. The maximum Gasteiger partial charge on any atom is 0.0707 e. The van der Waals surface area contributed by atoms with Crippen LogP contribution in [0.3, 0.4) is 0 Å². The van der Waals surface area contributed by atoms with E-state index in [1.807, 2.05) is 0 Å². The fourth-order valence-corrected chi connectivity index (χ4v) is 3.68. The number of nitrogens with two attached hydrogens (primary N) is 1. The lowest BCUT2D eigenvalue weighted by molar-refractivity contribution is -0.0568. The average molecular weight is 274 g/mol. The largest absolute Gasteiger partial charge is 0.372 e. The Kier molecular flexibility index (Phi) is 4.11. The van der Waals surface area contributed by atoms with Crippen LogP contribution in [0.5, 0.6) is 0 Å². The van der Waals surface area contributed by atoms with Gasteiger partial charge in [0.15, 0.2) is 0 Å². The zero-order valence-corrected chi connectivity index (χ0v) is 12.6. The lowest BCUT2D eigenvalue weighted by atomic mass is 9.94. The number of ether oxygens (including phenoxy) is 1. The van der Waals surface area contributed by atoms with Crippen LogP contribution in [0, 0.1) is 6.92 Å². The Morgan fingerprint density at radius 1 is 1.30 bits per heavy atom. The van der Waals surface area contributed by atoms with E-state index in [9.17, 15) is 0 Å². The van der Waals surface area contributed by atoms with Crippen molar-refractivity contribution in [2.45, 2.75) is 57.4 Å². The van der Waals surface area contributed by atoms with E-state index in [-0.39, 0.29) is 6.04 Å². The summed E-state index contributed by atoms with van der Waals surface area (Å²) in [6.07, 6.45) is 4.27. The molecule has 0 amide bonds. The summed E-state index contributed by atoms with van der Waals surface area (Å²) >= 11 is 0. The van der Waals surface area contributed by atoms with E-state index < -0.39 is 0 Å². The highest BCUT2D eigenvalue weighted by molar-refractivity contribution is 5.26. The van der Waals surface area contributed by atoms with Gasteiger partial charge in [0.05, 0.1) is 18.2 Å². The quantitative estimate of drug-likeness (QED) is 0.917. The first kappa shape index (κ1) is 14.1. The van der Waals surface area contributed by atoms with Gasteiger partial charge >= 0.3 is 0 Å². The second kappa shape index (κ2) is 5.84. The highest BCUT2D eigenvalue weighted by Crippen LogP contribution is 2.33. The van der Waals surface area contributed by atoms with Gasteiger partial charge in [0.25, 0.3) is 0 Å². The minimum Gasteiger partial charge on any atom is -0.372 e. The predicted octanol–water partition coefficient (Wildman–Crippen LogP) is 2.64. The first-order chi connectivity index (χ1) is 9.67. The van der Waals surface area contributed by atoms with Gasteiger partial charge in [-0.05, 0) is 31.7 Å². The number of morpholine rings is 1. The summed E-state index contributed by atoms with van der Waals surface area (Å²) in [5, 5.41) is 0. The van der Waals surface area contributed by atoms with Crippen molar-refractivity contribution < 1.29 is 4.74 Å². The fraction of sp³-hybridized carbons (Fsp3) is 0.647. The van der Waals surface area contributed by atoms with E-state index in [1.54, 1.807) is 0 Å². The summed E-state index contributed by atoms with van der Waals surface area (Å²) < 4.78 is 5.97. The molecule has 2 N–H and O–H groups in total. The summed E-state index contributed by atoms with van der Waals surface area (Å²) in [7, 11) is 0. The minimum absolute atomic E-state index is 0.189. The molecule has 0 aromatic heterocycles. The van der Waals surface area contributed by atoms with Crippen molar-refractivity contribution >= 4 is 0 Å². The highest BCUT2D eigenvalue weighted by Gasteiger charge is 2.38. The van der Waals surface area contributed by atoms with Gasteiger partial charge in [-0.15, -0.1) is 0 Å². The monoisotopic (exact) mass is 274 g/mol. The summed E-state index contributed by atoms with van der Waals surface area (Å²) in [5.41, 5.74) is 9.13. The summed E-state index contributed by atoms with van der Waals surface area (Å²) in [5.74, 6) is 0. The fourth-order valence-electron chi connectivity index (χ4n) is 3.68. The molecular formula is C17H26N2O. The Morgan fingerprint density at radius 3 is 2.60 bits per heavy atom. The van der Waals surface area contributed by atoms with Gasteiger partial charge < -0.3 is 10.5 Å². The lowest BCUT2D eigenvalue weighted by Gasteiger charge is -2.40. The molecule has 0 spiro atoms. The standard InChI is InChI=1S/C17H26N2O/c1-3-16(18)17(13-6-4-5-12(2)9-13)19-10-14-7-8-15(11-19)20-14/h4-6,9,14-17H,3,7-8,10-11,18H2,1-2H3. The second-order valence-corrected chi connectivity index (χ2v) is 6.34. The molecule has 2 bridgehead atoms. The zero-order chi connectivity index (χ0) is 14.1. The Bertz CT molecular complexity index is 450. The molecule has 110 valence electrons. The van der Waals surface area contributed by atoms with E-state index >= 15 is 0 Å². The van der Waals surface area contributed by atoms with Crippen molar-refractivity contribution in [1.29, 1.82) is 0 Å². The molecule has 3 nitrogen and oxygen atoms in total. The second-order valence-electron chi connectivity index (χ2n) is 6.34. The molecule has 4 unspecified atom stereocenters. The molecule has 4 atom stereocenters. The van der Waals surface area contributed by atoms with Crippen LogP contribution >= 0.6 is 0 Å². The van der Waals surface area contributed by atoms with E-state index in [2.05, 4.69) is 43.0 Å². The third-order valence-electron chi connectivity index (χ3n) is 4.73. The number of fused-ring (bicyclic) bond motifs is 2. The van der Waals surface area contributed by atoms with Crippen molar-refractivity contribution in [2.24, 2.45) is 5.73 Å². The van der Waals surface area contributed by atoms with E-state index in [1.165, 1.54) is 24.0 Å². The van der Waals surface area contributed by atoms with Crippen LogP contribution in [0.1, 0.15) is 43.4 Å². The topological polar surface area (TPSA) is 38.5 Å². The Labute approximate surface area is 122 Å². The number of rotatable bonds is 4. The summed E-state index contributed by atoms with van der Waals surface area (Å²) in [6.45, 7) is 6.40. The summed E-state index contributed by atoms with van der Waals surface area (Å²) in [6, 6.07) is 9.33. The molecule has 1 aromatic rings. The molecule has 20 heavy (non-hydrogen) atoms. The molecule has 2 saturated heterocycles. The maximum atomic E-state index is 6.46. The van der Waals surface area contributed by atoms with Gasteiger partial charge in [-0.25, -0.2) is 0 Å². The highest BCUT2D eigenvalue weighted by atomic mass is 16.5. The Morgan fingerprint density at radius 2 is 2.00 bits per heavy atom. The van der Waals surface area contributed by atoms with Crippen molar-refractivity contribution in [3.8, 4) is 0 Å². The van der Waals surface area contributed by atoms with Gasteiger partial charge in [0.1, 0.15) is 0 Å². The number of benzene rings is 1. The Hall–Kier alpha value is -0.900. The van der Waals surface area contributed by atoms with Gasteiger partial charge in [0.2, 0.25) is 0 Å². The molecule has 2 fully saturated rings. The Balaban J connectivity index is 1.86. The van der Waals surface area contributed by atoms with Gasteiger partial charge in [-0.1, -0.05) is 36.8 Å². The number of hydrogen-bond acceptors (Lipinski definition) is 3. The molecule has 2 aliphatic heterocycles. The summed E-state index contributed by atoms with van der Waals surface area (Å²) in [4.78, 5) is 2.56. The molecule has 3 rings (SSSR count). The zero-order valence-electron chi connectivity index (χ0n) is 12.6. The van der Waals surface area contributed by atoms with Crippen LogP contribution in [0.15, 0.2) is 24.3 Å². The van der Waals surface area contributed by atoms with Crippen molar-refractivity contribution in [3.63, 3.8) is 0 Å². The van der Waals surface area contributed by atoms with Gasteiger partial charge in [0, 0.05) is 19.1 Å². The van der Waals surface area contributed by atoms with Gasteiger partial charge in [-0.2, -0.15) is 0 Å². The van der Waals surface area contributed by atoms with Crippen molar-refractivity contribution in [1.82, 2.24) is 4.90 Å². The first-order valence-electron chi connectivity index (χ1n) is 7.89. The normalized spacial score (nSPS) is 29.4. The number of nitrogens with zero attached hydrogens (tertiary/aromatic N) is 1. The maximum absolute atomic E-state index is 6.46. The molecular weight excluding hydrogens is 248 g/mol. The van der Waals surface area contributed by atoms with Crippen LogP contribution in [-0.2, 0) is 4.74 Å². The molecule has 2 aliphatic rings. The molecule has 0 saturated carbocycles. The van der Waals surface area contributed by atoms with Crippen LogP contribution in [0.25, 0.3) is 0 Å². The third kappa shape index (κ3) is 2.76.